The first-order chi connectivity index (χ1) is 9.08. The Balaban J connectivity index is 2.11. The van der Waals surface area contributed by atoms with Gasteiger partial charge in [-0.15, -0.1) is 0 Å². The Morgan fingerprint density at radius 3 is 2.95 bits per heavy atom. The van der Waals surface area contributed by atoms with Crippen LogP contribution in [0.5, 0.6) is 0 Å². The molecule has 2 aromatic heterocycles. The van der Waals surface area contributed by atoms with E-state index < -0.39 is 0 Å². The zero-order valence-corrected chi connectivity index (χ0v) is 12.9. The molecule has 102 valence electrons. The standard InChI is InChI=1S/C14H19BrN4/c1-8-4-3-5-12(9(8)2)19-13-11(18-14(19)16)6-10(15)7-17-13/h6-9,12H,3-5H2,1-2H3,(H2,16,18). The number of nitrogen functional groups attached to an aromatic ring is 1. The molecule has 5 heteroatoms. The smallest absolute Gasteiger partial charge is 0.202 e. The monoisotopic (exact) mass is 322 g/mol. The minimum atomic E-state index is 0.419. The Hall–Kier alpha value is -1.10. The molecule has 4 nitrogen and oxygen atoms in total. The number of aromatic nitrogens is 3. The van der Waals surface area contributed by atoms with E-state index in [2.05, 4.69) is 44.3 Å². The number of nitrogens with two attached hydrogens (primary N) is 1. The number of hydrogen-bond donors (Lipinski definition) is 1. The first kappa shape index (κ1) is 12.9. The number of nitrogens with zero attached hydrogens (tertiary/aromatic N) is 3. The topological polar surface area (TPSA) is 56.7 Å². The molecule has 19 heavy (non-hydrogen) atoms. The molecule has 0 spiro atoms. The fourth-order valence-corrected chi connectivity index (χ4v) is 3.54. The van der Waals surface area contributed by atoms with Crippen molar-refractivity contribution >= 4 is 33.0 Å². The summed E-state index contributed by atoms with van der Waals surface area (Å²) in [6, 6.07) is 2.40. The summed E-state index contributed by atoms with van der Waals surface area (Å²) >= 11 is 3.43. The maximum atomic E-state index is 6.14. The number of pyridine rings is 1. The number of fused-ring (bicyclic) bond motifs is 1. The SMILES string of the molecule is CC1CCCC(n2c(N)nc3cc(Br)cnc32)C1C. The molecule has 0 amide bonds. The highest BCUT2D eigenvalue weighted by Gasteiger charge is 2.30. The third-order valence-corrected chi connectivity index (χ3v) is 4.95. The molecule has 3 atom stereocenters. The van der Waals surface area contributed by atoms with Crippen LogP contribution in [0, 0.1) is 11.8 Å². The molecule has 0 radical (unpaired) electrons. The van der Waals surface area contributed by atoms with Gasteiger partial charge in [0.25, 0.3) is 0 Å². The molecule has 2 heterocycles. The van der Waals surface area contributed by atoms with Crippen molar-refractivity contribution in [3.05, 3.63) is 16.7 Å². The summed E-state index contributed by atoms with van der Waals surface area (Å²) in [7, 11) is 0. The highest BCUT2D eigenvalue weighted by atomic mass is 79.9. The summed E-state index contributed by atoms with van der Waals surface area (Å²) in [5, 5.41) is 0. The summed E-state index contributed by atoms with van der Waals surface area (Å²) in [4.78, 5) is 8.97. The van der Waals surface area contributed by atoms with E-state index in [1.165, 1.54) is 19.3 Å². The first-order valence-electron chi connectivity index (χ1n) is 6.87. The van der Waals surface area contributed by atoms with Crippen LogP contribution in [0.15, 0.2) is 16.7 Å². The van der Waals surface area contributed by atoms with Crippen LogP contribution in [0.25, 0.3) is 11.2 Å². The highest BCUT2D eigenvalue weighted by Crippen LogP contribution is 2.40. The minimum Gasteiger partial charge on any atom is -0.369 e. The van der Waals surface area contributed by atoms with Gasteiger partial charge in [-0.05, 0) is 40.3 Å². The van der Waals surface area contributed by atoms with Crippen LogP contribution in [0.2, 0.25) is 0 Å². The van der Waals surface area contributed by atoms with Gasteiger partial charge in [0.05, 0.1) is 0 Å². The summed E-state index contributed by atoms with van der Waals surface area (Å²) in [5.41, 5.74) is 7.92. The van der Waals surface area contributed by atoms with E-state index in [9.17, 15) is 0 Å². The van der Waals surface area contributed by atoms with Crippen molar-refractivity contribution < 1.29 is 0 Å². The predicted octanol–water partition coefficient (Wildman–Crippen LogP) is 3.77. The van der Waals surface area contributed by atoms with E-state index in [4.69, 9.17) is 5.73 Å². The van der Waals surface area contributed by atoms with Crippen molar-refractivity contribution in [2.45, 2.75) is 39.2 Å². The van der Waals surface area contributed by atoms with Crippen LogP contribution in [0.4, 0.5) is 5.95 Å². The summed E-state index contributed by atoms with van der Waals surface area (Å²) in [6.45, 7) is 4.65. The van der Waals surface area contributed by atoms with Crippen LogP contribution in [0.3, 0.4) is 0 Å². The van der Waals surface area contributed by atoms with Gasteiger partial charge in [0.15, 0.2) is 5.65 Å². The average Bonchev–Trinajstić information content (AvgIpc) is 2.68. The molecular weight excluding hydrogens is 304 g/mol. The highest BCUT2D eigenvalue weighted by molar-refractivity contribution is 9.10. The molecule has 1 saturated carbocycles. The average molecular weight is 323 g/mol. The van der Waals surface area contributed by atoms with E-state index >= 15 is 0 Å². The number of rotatable bonds is 1. The normalized spacial score (nSPS) is 27.8. The van der Waals surface area contributed by atoms with Gasteiger partial charge in [0.1, 0.15) is 5.52 Å². The van der Waals surface area contributed by atoms with E-state index in [0.717, 1.165) is 21.6 Å². The molecule has 2 aromatic rings. The van der Waals surface area contributed by atoms with Crippen molar-refractivity contribution in [1.29, 1.82) is 0 Å². The Morgan fingerprint density at radius 2 is 2.16 bits per heavy atom. The van der Waals surface area contributed by atoms with Crippen LogP contribution in [0.1, 0.15) is 39.2 Å². The van der Waals surface area contributed by atoms with Gasteiger partial charge >= 0.3 is 0 Å². The number of hydrogen-bond acceptors (Lipinski definition) is 3. The minimum absolute atomic E-state index is 0.419. The Morgan fingerprint density at radius 1 is 1.37 bits per heavy atom. The molecule has 0 aromatic carbocycles. The Labute approximate surface area is 121 Å². The zero-order valence-electron chi connectivity index (χ0n) is 11.3. The first-order valence-corrected chi connectivity index (χ1v) is 7.66. The molecule has 0 aliphatic heterocycles. The third kappa shape index (κ3) is 2.14. The molecule has 2 N–H and O–H groups in total. The molecule has 1 fully saturated rings. The zero-order chi connectivity index (χ0) is 13.6. The van der Waals surface area contributed by atoms with Gasteiger partial charge in [-0.25, -0.2) is 9.97 Å². The lowest BCUT2D eigenvalue weighted by atomic mass is 9.78. The second-order valence-electron chi connectivity index (χ2n) is 5.67. The van der Waals surface area contributed by atoms with Crippen molar-refractivity contribution in [1.82, 2.24) is 14.5 Å². The third-order valence-electron chi connectivity index (χ3n) is 4.52. The number of imidazole rings is 1. The lowest BCUT2D eigenvalue weighted by Gasteiger charge is -2.35. The van der Waals surface area contributed by atoms with Gasteiger partial charge in [0.2, 0.25) is 5.95 Å². The molecule has 1 aliphatic carbocycles. The van der Waals surface area contributed by atoms with Crippen molar-refractivity contribution in [2.24, 2.45) is 11.8 Å². The lowest BCUT2D eigenvalue weighted by Crippen LogP contribution is -2.27. The molecule has 3 unspecified atom stereocenters. The molecular formula is C14H19BrN4. The van der Waals surface area contributed by atoms with Gasteiger partial charge in [-0.1, -0.05) is 26.7 Å². The largest absolute Gasteiger partial charge is 0.369 e. The lowest BCUT2D eigenvalue weighted by molar-refractivity contribution is 0.191. The second-order valence-corrected chi connectivity index (χ2v) is 6.59. The van der Waals surface area contributed by atoms with E-state index in [0.29, 0.717) is 17.9 Å². The van der Waals surface area contributed by atoms with Crippen molar-refractivity contribution in [3.63, 3.8) is 0 Å². The molecule has 3 rings (SSSR count). The van der Waals surface area contributed by atoms with Crippen molar-refractivity contribution in [2.75, 3.05) is 5.73 Å². The van der Waals surface area contributed by atoms with E-state index in [1.807, 2.05) is 12.3 Å². The Kier molecular flexibility index (Phi) is 3.25. The Bertz CT molecular complexity index is 607. The van der Waals surface area contributed by atoms with E-state index in [1.54, 1.807) is 0 Å². The van der Waals surface area contributed by atoms with Gasteiger partial charge in [0, 0.05) is 16.7 Å². The maximum Gasteiger partial charge on any atom is 0.202 e. The summed E-state index contributed by atoms with van der Waals surface area (Å²) in [6.07, 6.45) is 5.55. The van der Waals surface area contributed by atoms with Gasteiger partial charge in [-0.2, -0.15) is 0 Å². The molecule has 0 bridgehead atoms. The molecule has 0 saturated heterocycles. The predicted molar refractivity (Wildman–Crippen MR) is 80.9 cm³/mol. The van der Waals surface area contributed by atoms with Crippen LogP contribution in [-0.2, 0) is 0 Å². The van der Waals surface area contributed by atoms with Crippen molar-refractivity contribution in [3.8, 4) is 0 Å². The number of halogens is 1. The quantitative estimate of drug-likeness (QED) is 0.869. The molecule has 1 aliphatic rings. The number of anilines is 1. The van der Waals surface area contributed by atoms with Gasteiger partial charge < -0.3 is 5.73 Å². The fourth-order valence-electron chi connectivity index (χ4n) is 3.22. The van der Waals surface area contributed by atoms with E-state index in [-0.39, 0.29) is 0 Å². The summed E-state index contributed by atoms with van der Waals surface area (Å²) in [5.74, 6) is 1.93. The second kappa shape index (κ2) is 4.78. The summed E-state index contributed by atoms with van der Waals surface area (Å²) < 4.78 is 3.08. The van der Waals surface area contributed by atoms with Gasteiger partial charge in [-0.3, -0.25) is 4.57 Å². The van der Waals surface area contributed by atoms with Crippen LogP contribution < -0.4 is 5.73 Å². The van der Waals surface area contributed by atoms with Crippen LogP contribution in [-0.4, -0.2) is 14.5 Å². The van der Waals surface area contributed by atoms with Crippen LogP contribution >= 0.6 is 15.9 Å². The fraction of sp³-hybridized carbons (Fsp3) is 0.571. The maximum absolute atomic E-state index is 6.14.